The van der Waals surface area contributed by atoms with Crippen LogP contribution in [0.2, 0.25) is 0 Å². The minimum absolute atomic E-state index is 0.329. The van der Waals surface area contributed by atoms with Crippen LogP contribution < -0.4 is 10.6 Å². The van der Waals surface area contributed by atoms with E-state index in [2.05, 4.69) is 37.2 Å². The lowest BCUT2D eigenvalue weighted by Crippen LogP contribution is -2.43. The van der Waals surface area contributed by atoms with E-state index in [1.54, 1.807) is 62.5 Å². The van der Waals surface area contributed by atoms with Gasteiger partial charge in [0.15, 0.2) is 0 Å². The number of aliphatic hydroxyl groups excluding tert-OH is 2. The number of carbonyl (C=O) groups is 2. The summed E-state index contributed by atoms with van der Waals surface area (Å²) < 4.78 is 56.4. The van der Waals surface area contributed by atoms with E-state index in [1.807, 2.05) is 0 Å². The van der Waals surface area contributed by atoms with Crippen LogP contribution in [0.3, 0.4) is 0 Å². The van der Waals surface area contributed by atoms with Gasteiger partial charge in [0.1, 0.15) is 31.2 Å². The number of alkyl halides is 4. The predicted octanol–water partition coefficient (Wildman–Crippen LogP) is 5.55. The highest BCUT2D eigenvalue weighted by Crippen LogP contribution is 2.21. The highest BCUT2D eigenvalue weighted by atomic mass is 79.9. The van der Waals surface area contributed by atoms with E-state index in [-0.39, 0.29) is 0 Å². The lowest BCUT2D eigenvalue weighted by molar-refractivity contribution is -0.133. The van der Waals surface area contributed by atoms with Gasteiger partial charge in [-0.2, -0.15) is 8.78 Å². The van der Waals surface area contributed by atoms with Crippen LogP contribution in [-0.2, 0) is 9.53 Å². The number of halogens is 6. The number of hydrogen-bond acceptors (Lipinski definition) is 5. The van der Waals surface area contributed by atoms with Gasteiger partial charge < -0.3 is 25.6 Å². The van der Waals surface area contributed by atoms with Crippen molar-refractivity contribution >= 4 is 43.9 Å². The van der Waals surface area contributed by atoms with Crippen molar-refractivity contribution in [3.05, 3.63) is 68.6 Å². The molecular formula is C25H30Br2F4N2O5. The molecule has 0 fully saturated rings. The lowest BCUT2D eigenvalue weighted by Gasteiger charge is -2.25. The van der Waals surface area contributed by atoms with Crippen molar-refractivity contribution in [2.75, 3.05) is 13.3 Å². The summed E-state index contributed by atoms with van der Waals surface area (Å²) in [7, 11) is 0. The summed E-state index contributed by atoms with van der Waals surface area (Å²) in [6.07, 6.45) is -6.51. The first-order valence-corrected chi connectivity index (χ1v) is 12.8. The summed E-state index contributed by atoms with van der Waals surface area (Å²) in [5.41, 5.74) is 0.176. The molecule has 0 unspecified atom stereocenters. The average Bonchev–Trinajstić information content (AvgIpc) is 2.85. The molecule has 0 aliphatic carbocycles. The summed E-state index contributed by atoms with van der Waals surface area (Å²) in [4.78, 5) is 22.4. The fourth-order valence-corrected chi connectivity index (χ4v) is 3.42. The smallest absolute Gasteiger partial charge is 0.408 e. The van der Waals surface area contributed by atoms with Gasteiger partial charge in [-0.1, -0.05) is 56.1 Å². The second kappa shape index (κ2) is 16.0. The van der Waals surface area contributed by atoms with E-state index in [4.69, 9.17) is 4.74 Å². The predicted molar refractivity (Wildman–Crippen MR) is 141 cm³/mol. The van der Waals surface area contributed by atoms with Crippen LogP contribution in [0.5, 0.6) is 0 Å². The highest BCUT2D eigenvalue weighted by molar-refractivity contribution is 9.10. The quantitative estimate of drug-likeness (QED) is 0.261. The molecule has 4 N–H and O–H groups in total. The van der Waals surface area contributed by atoms with Gasteiger partial charge in [0.2, 0.25) is 0 Å². The summed E-state index contributed by atoms with van der Waals surface area (Å²) in [6.45, 7) is 3.10. The van der Waals surface area contributed by atoms with Gasteiger partial charge in [-0.05, 0) is 56.2 Å². The minimum Gasteiger partial charge on any atom is -0.444 e. The van der Waals surface area contributed by atoms with Crippen LogP contribution in [0.15, 0.2) is 57.5 Å². The van der Waals surface area contributed by atoms with E-state index < -0.39 is 61.7 Å². The Morgan fingerprint density at radius 3 is 1.50 bits per heavy atom. The Balaban J connectivity index is 0.000000382. The summed E-state index contributed by atoms with van der Waals surface area (Å²) in [5, 5.41) is 24.0. The van der Waals surface area contributed by atoms with Crippen molar-refractivity contribution in [2.24, 2.45) is 0 Å². The molecule has 0 saturated carbocycles. The standard InChI is InChI=1S/C14H19BrFNO3.C11H11BrF3NO2/c1-14(2,3)20-13(19)17-11(8-16)12(18)9-4-6-10(15)7-5-9;12-7-3-1-6(2-4-7)9(17)8(5-13)16-11(18)10(14)15/h4-7,11-12,18H,8H2,1-3H3,(H,17,19);1-4,8-10,17H,5H2,(H,16,18)/t11-,12-;8-,9-/m11/s1. The third-order valence-corrected chi connectivity index (χ3v) is 5.80. The Bertz CT molecular complexity index is 1010. The van der Waals surface area contributed by atoms with Crippen molar-refractivity contribution in [1.82, 2.24) is 10.6 Å². The zero-order chi connectivity index (χ0) is 29.0. The molecule has 2 rings (SSSR count). The molecule has 0 spiro atoms. The van der Waals surface area contributed by atoms with Crippen LogP contribution in [0.1, 0.15) is 44.1 Å². The van der Waals surface area contributed by atoms with Gasteiger partial charge in [-0.15, -0.1) is 0 Å². The number of benzene rings is 2. The summed E-state index contributed by atoms with van der Waals surface area (Å²) >= 11 is 6.46. The van der Waals surface area contributed by atoms with Crippen molar-refractivity contribution in [3.63, 3.8) is 0 Å². The minimum atomic E-state index is -3.24. The topological polar surface area (TPSA) is 108 Å². The molecule has 0 aliphatic heterocycles. The molecule has 0 bridgehead atoms. The maximum Gasteiger partial charge on any atom is 0.408 e. The Labute approximate surface area is 235 Å². The van der Waals surface area contributed by atoms with Gasteiger partial charge in [0.25, 0.3) is 5.91 Å². The molecule has 7 nitrogen and oxygen atoms in total. The maximum atomic E-state index is 13.0. The van der Waals surface area contributed by atoms with Crippen LogP contribution in [0.4, 0.5) is 22.4 Å². The Morgan fingerprint density at radius 1 is 0.816 bits per heavy atom. The number of aliphatic hydroxyl groups is 2. The van der Waals surface area contributed by atoms with Gasteiger partial charge in [-0.3, -0.25) is 4.79 Å². The van der Waals surface area contributed by atoms with Crippen LogP contribution in [0.25, 0.3) is 0 Å². The van der Waals surface area contributed by atoms with E-state index in [0.717, 1.165) is 8.95 Å². The average molecular weight is 674 g/mol. The third-order valence-electron chi connectivity index (χ3n) is 4.75. The van der Waals surface area contributed by atoms with Crippen LogP contribution >= 0.6 is 31.9 Å². The molecule has 4 atom stereocenters. The number of ether oxygens (including phenoxy) is 1. The lowest BCUT2D eigenvalue weighted by atomic mass is 10.0. The molecule has 0 saturated heterocycles. The van der Waals surface area contributed by atoms with Crippen LogP contribution in [0, 0.1) is 0 Å². The van der Waals surface area contributed by atoms with Gasteiger partial charge in [-0.25, -0.2) is 13.6 Å². The number of carbonyl (C=O) groups excluding carboxylic acids is 2. The number of amides is 2. The number of alkyl carbamates (subject to hydrolysis) is 1. The van der Waals surface area contributed by atoms with E-state index in [0.29, 0.717) is 11.1 Å². The molecule has 13 heteroatoms. The fraction of sp³-hybridized carbons (Fsp3) is 0.440. The second-order valence-electron chi connectivity index (χ2n) is 8.97. The Morgan fingerprint density at radius 2 is 1.18 bits per heavy atom. The van der Waals surface area contributed by atoms with Gasteiger partial charge >= 0.3 is 12.5 Å². The zero-order valence-corrected chi connectivity index (χ0v) is 24.0. The van der Waals surface area contributed by atoms with Gasteiger partial charge in [0.05, 0.1) is 12.1 Å². The van der Waals surface area contributed by atoms with Crippen molar-refractivity contribution in [3.8, 4) is 0 Å². The number of hydrogen-bond donors (Lipinski definition) is 4. The van der Waals surface area contributed by atoms with Crippen LogP contribution in [-0.4, -0.2) is 59.7 Å². The van der Waals surface area contributed by atoms with Crippen molar-refractivity contribution < 1.29 is 42.1 Å². The number of rotatable bonds is 9. The Hall–Kier alpha value is -2.22. The summed E-state index contributed by atoms with van der Waals surface area (Å²) in [6, 6.07) is 10.6. The maximum absolute atomic E-state index is 13.0. The zero-order valence-electron chi connectivity index (χ0n) is 20.8. The molecule has 0 aromatic heterocycles. The molecule has 2 aromatic rings. The first kappa shape index (κ1) is 33.8. The molecule has 2 aromatic carbocycles. The van der Waals surface area contributed by atoms with Crippen molar-refractivity contribution in [1.29, 1.82) is 0 Å². The first-order valence-electron chi connectivity index (χ1n) is 11.3. The number of nitrogens with one attached hydrogen (secondary N) is 2. The largest absolute Gasteiger partial charge is 0.444 e. The fourth-order valence-electron chi connectivity index (χ4n) is 2.89. The summed E-state index contributed by atoms with van der Waals surface area (Å²) in [5.74, 6) is -1.60. The molecule has 2 amide bonds. The molecule has 38 heavy (non-hydrogen) atoms. The van der Waals surface area contributed by atoms with E-state index >= 15 is 0 Å². The normalized spacial score (nSPS) is 14.4. The molecule has 0 aliphatic rings. The monoisotopic (exact) mass is 672 g/mol. The van der Waals surface area contributed by atoms with Gasteiger partial charge in [0, 0.05) is 8.95 Å². The first-order chi connectivity index (χ1) is 17.7. The Kier molecular flexibility index (Phi) is 14.2. The van der Waals surface area contributed by atoms with Crippen molar-refractivity contribution in [2.45, 2.75) is 57.1 Å². The SMILES string of the molecule is CC(C)(C)OC(=O)N[C@H](CF)[C@H](O)c1ccc(Br)cc1.O=C(N[C@H](CF)[C@H](O)c1ccc(Br)cc1)C(F)F. The molecule has 212 valence electrons. The molecule has 0 heterocycles. The van der Waals surface area contributed by atoms with E-state index in [1.165, 1.54) is 12.1 Å². The third kappa shape index (κ3) is 12.1. The molecule has 0 radical (unpaired) electrons. The second-order valence-corrected chi connectivity index (χ2v) is 10.8. The highest BCUT2D eigenvalue weighted by Gasteiger charge is 2.27. The van der Waals surface area contributed by atoms with E-state index in [9.17, 15) is 37.4 Å². The molecular weight excluding hydrogens is 644 g/mol.